The number of carbonyl (C=O) groups is 1. The van der Waals surface area contributed by atoms with Crippen molar-refractivity contribution in [1.29, 1.82) is 0 Å². The molecule has 1 aromatic carbocycles. The summed E-state index contributed by atoms with van der Waals surface area (Å²) >= 11 is 3.37. The number of halogens is 1. The van der Waals surface area contributed by atoms with Crippen LogP contribution in [0.2, 0.25) is 0 Å². The fourth-order valence-electron chi connectivity index (χ4n) is 3.32. The summed E-state index contributed by atoms with van der Waals surface area (Å²) in [6.07, 6.45) is 4.29. The van der Waals surface area contributed by atoms with Gasteiger partial charge in [0.25, 0.3) is 5.91 Å². The van der Waals surface area contributed by atoms with Crippen molar-refractivity contribution < 1.29 is 9.53 Å². The Labute approximate surface area is 153 Å². The summed E-state index contributed by atoms with van der Waals surface area (Å²) in [5, 5.41) is 4.38. The molecule has 7 heteroatoms. The molecule has 2 aromatic heterocycles. The van der Waals surface area contributed by atoms with E-state index in [2.05, 4.69) is 32.1 Å². The summed E-state index contributed by atoms with van der Waals surface area (Å²) in [4.78, 5) is 19.1. The summed E-state index contributed by atoms with van der Waals surface area (Å²) in [6, 6.07) is 7.76. The molecule has 1 atom stereocenters. The van der Waals surface area contributed by atoms with Crippen molar-refractivity contribution in [1.82, 2.24) is 19.5 Å². The van der Waals surface area contributed by atoms with E-state index >= 15 is 0 Å². The SMILES string of the molecule is COc1ccc2c(c1)CCN(C(=O)c1cc3ncc(Br)cn3n1)C2C. The molecule has 3 heterocycles. The van der Waals surface area contributed by atoms with Crippen molar-refractivity contribution in [3.05, 3.63) is 58.0 Å². The van der Waals surface area contributed by atoms with Gasteiger partial charge in [0.2, 0.25) is 0 Å². The van der Waals surface area contributed by atoms with E-state index in [1.165, 1.54) is 5.56 Å². The summed E-state index contributed by atoms with van der Waals surface area (Å²) in [5.41, 5.74) is 3.46. The van der Waals surface area contributed by atoms with E-state index < -0.39 is 0 Å². The van der Waals surface area contributed by atoms with Crippen molar-refractivity contribution in [3.63, 3.8) is 0 Å². The van der Waals surface area contributed by atoms with Crippen LogP contribution in [-0.4, -0.2) is 39.1 Å². The van der Waals surface area contributed by atoms with Gasteiger partial charge in [0.05, 0.1) is 17.6 Å². The summed E-state index contributed by atoms with van der Waals surface area (Å²) < 4.78 is 7.73. The molecule has 0 aliphatic carbocycles. The molecule has 1 aliphatic rings. The summed E-state index contributed by atoms with van der Waals surface area (Å²) in [7, 11) is 1.67. The topological polar surface area (TPSA) is 59.7 Å². The second-order valence-corrected chi connectivity index (χ2v) is 7.01. The average Bonchev–Trinajstić information content (AvgIpc) is 3.04. The van der Waals surface area contributed by atoms with E-state index in [0.717, 1.165) is 22.2 Å². The van der Waals surface area contributed by atoms with Crippen molar-refractivity contribution in [3.8, 4) is 5.75 Å². The highest BCUT2D eigenvalue weighted by atomic mass is 79.9. The fraction of sp³-hybridized carbons (Fsp3) is 0.278. The molecule has 128 valence electrons. The maximum absolute atomic E-state index is 13.0. The van der Waals surface area contributed by atoms with Crippen LogP contribution in [0.5, 0.6) is 5.75 Å². The van der Waals surface area contributed by atoms with Crippen LogP contribution in [0.15, 0.2) is 41.1 Å². The molecule has 0 spiro atoms. The van der Waals surface area contributed by atoms with Crippen LogP contribution in [0.25, 0.3) is 5.65 Å². The molecule has 0 fully saturated rings. The molecule has 1 aliphatic heterocycles. The lowest BCUT2D eigenvalue weighted by Gasteiger charge is -2.35. The molecule has 0 radical (unpaired) electrons. The highest BCUT2D eigenvalue weighted by Gasteiger charge is 2.30. The molecule has 0 bridgehead atoms. The third-order valence-corrected chi connectivity index (χ3v) is 5.06. The molecule has 1 amide bonds. The number of aromatic nitrogens is 3. The predicted molar refractivity (Wildman–Crippen MR) is 96.8 cm³/mol. The van der Waals surface area contributed by atoms with Crippen LogP contribution in [0.4, 0.5) is 0 Å². The third-order valence-electron chi connectivity index (χ3n) is 4.65. The zero-order chi connectivity index (χ0) is 17.6. The van der Waals surface area contributed by atoms with Crippen LogP contribution in [0.1, 0.15) is 34.6 Å². The van der Waals surface area contributed by atoms with Gasteiger partial charge in [-0.3, -0.25) is 4.79 Å². The number of nitrogens with zero attached hydrogens (tertiary/aromatic N) is 4. The fourth-order valence-corrected chi connectivity index (χ4v) is 3.61. The molecule has 0 saturated heterocycles. The van der Waals surface area contributed by atoms with Crippen LogP contribution >= 0.6 is 15.9 Å². The van der Waals surface area contributed by atoms with E-state index in [1.54, 1.807) is 30.1 Å². The van der Waals surface area contributed by atoms with Crippen LogP contribution in [-0.2, 0) is 6.42 Å². The zero-order valence-corrected chi connectivity index (χ0v) is 15.5. The van der Waals surface area contributed by atoms with Gasteiger partial charge < -0.3 is 9.64 Å². The molecule has 3 aromatic rings. The van der Waals surface area contributed by atoms with Gasteiger partial charge >= 0.3 is 0 Å². The summed E-state index contributed by atoms with van der Waals surface area (Å²) in [6.45, 7) is 2.71. The lowest BCUT2D eigenvalue weighted by molar-refractivity contribution is 0.0671. The van der Waals surface area contributed by atoms with Gasteiger partial charge in [-0.15, -0.1) is 0 Å². The standard InChI is InChI=1S/C18H17BrN4O2/c1-11-15-4-3-14(25-2)7-12(15)5-6-22(11)18(24)16-8-17-20-9-13(19)10-23(17)21-16/h3-4,7-11H,5-6H2,1-2H3. The van der Waals surface area contributed by atoms with E-state index in [4.69, 9.17) is 4.74 Å². The number of ether oxygens (including phenoxy) is 1. The molecule has 6 nitrogen and oxygen atoms in total. The van der Waals surface area contributed by atoms with Crippen LogP contribution < -0.4 is 4.74 Å². The Bertz CT molecular complexity index is 969. The first-order valence-corrected chi connectivity index (χ1v) is 8.85. The van der Waals surface area contributed by atoms with Crippen molar-refractivity contribution in [2.24, 2.45) is 0 Å². The Hall–Kier alpha value is -2.41. The van der Waals surface area contributed by atoms with Gasteiger partial charge in [-0.2, -0.15) is 5.10 Å². The van der Waals surface area contributed by atoms with Gasteiger partial charge in [0, 0.05) is 25.0 Å². The number of rotatable bonds is 2. The maximum atomic E-state index is 13.0. The Morgan fingerprint density at radius 3 is 3.00 bits per heavy atom. The van der Waals surface area contributed by atoms with Gasteiger partial charge in [-0.1, -0.05) is 6.07 Å². The smallest absolute Gasteiger partial charge is 0.274 e. The molecule has 1 unspecified atom stereocenters. The van der Waals surface area contributed by atoms with Gasteiger partial charge in [-0.25, -0.2) is 9.50 Å². The van der Waals surface area contributed by atoms with E-state index in [0.29, 0.717) is 17.9 Å². The lowest BCUT2D eigenvalue weighted by Crippen LogP contribution is -2.39. The predicted octanol–water partition coefficient (Wildman–Crippen LogP) is 3.26. The molecule has 0 N–H and O–H groups in total. The molecular weight excluding hydrogens is 384 g/mol. The third kappa shape index (κ3) is 2.78. The Morgan fingerprint density at radius 1 is 1.36 bits per heavy atom. The van der Waals surface area contributed by atoms with Crippen molar-refractivity contribution in [2.75, 3.05) is 13.7 Å². The number of fused-ring (bicyclic) bond motifs is 2. The average molecular weight is 401 g/mol. The van der Waals surface area contributed by atoms with E-state index in [-0.39, 0.29) is 11.9 Å². The molecule has 25 heavy (non-hydrogen) atoms. The van der Waals surface area contributed by atoms with Crippen molar-refractivity contribution >= 4 is 27.5 Å². The number of carbonyl (C=O) groups excluding carboxylic acids is 1. The van der Waals surface area contributed by atoms with Gasteiger partial charge in [0.15, 0.2) is 11.3 Å². The second-order valence-electron chi connectivity index (χ2n) is 6.09. The molecular formula is C18H17BrN4O2. The second kappa shape index (κ2) is 6.15. The number of amides is 1. The monoisotopic (exact) mass is 400 g/mol. The molecule has 4 rings (SSSR count). The first kappa shape index (κ1) is 16.1. The minimum Gasteiger partial charge on any atom is -0.497 e. The number of hydrogen-bond donors (Lipinski definition) is 0. The number of methoxy groups -OCH3 is 1. The maximum Gasteiger partial charge on any atom is 0.274 e. The largest absolute Gasteiger partial charge is 0.497 e. The first-order chi connectivity index (χ1) is 12.1. The molecule has 0 saturated carbocycles. The Balaban J connectivity index is 1.65. The van der Waals surface area contributed by atoms with E-state index in [1.807, 2.05) is 24.0 Å². The normalized spacial score (nSPS) is 16.8. The highest BCUT2D eigenvalue weighted by molar-refractivity contribution is 9.10. The Kier molecular flexibility index (Phi) is 3.95. The zero-order valence-electron chi connectivity index (χ0n) is 13.9. The minimum atomic E-state index is -0.0735. The minimum absolute atomic E-state index is 0.00772. The summed E-state index contributed by atoms with van der Waals surface area (Å²) in [5.74, 6) is 0.776. The van der Waals surface area contributed by atoms with Crippen LogP contribution in [0.3, 0.4) is 0 Å². The van der Waals surface area contributed by atoms with Gasteiger partial charge in [0.1, 0.15) is 5.75 Å². The van der Waals surface area contributed by atoms with Crippen molar-refractivity contribution in [2.45, 2.75) is 19.4 Å². The van der Waals surface area contributed by atoms with Gasteiger partial charge in [-0.05, 0) is 52.5 Å². The lowest BCUT2D eigenvalue weighted by atomic mass is 9.93. The van der Waals surface area contributed by atoms with Crippen LogP contribution in [0, 0.1) is 0 Å². The first-order valence-electron chi connectivity index (χ1n) is 8.05. The number of benzene rings is 1. The number of hydrogen-bond acceptors (Lipinski definition) is 4. The Morgan fingerprint density at radius 2 is 2.20 bits per heavy atom. The highest BCUT2D eigenvalue weighted by Crippen LogP contribution is 2.32. The van der Waals surface area contributed by atoms with E-state index in [9.17, 15) is 4.79 Å². The quantitative estimate of drug-likeness (QED) is 0.662.